The summed E-state index contributed by atoms with van der Waals surface area (Å²) in [4.78, 5) is 82.6. The quantitative estimate of drug-likeness (QED) is 0.0226. The van der Waals surface area contributed by atoms with E-state index in [1.54, 1.807) is 33.9 Å². The molecule has 6 aromatic rings. The summed E-state index contributed by atoms with van der Waals surface area (Å²) in [6.07, 6.45) is 4.33. The highest BCUT2D eigenvalue weighted by Gasteiger charge is 2.49. The molecule has 0 unspecified atom stereocenters. The fourth-order valence-electron chi connectivity index (χ4n) is 14.0. The number of sulfonamides is 1. The molecule has 3 saturated heterocycles. The summed E-state index contributed by atoms with van der Waals surface area (Å²) >= 11 is 9.17. The van der Waals surface area contributed by atoms with Crippen molar-refractivity contribution in [2.45, 2.75) is 163 Å². The minimum absolute atomic E-state index is 0.0422. The number of β-amino-alcohol motifs (C(OH)–C–C–N with tert-alkyl or cyclic N) is 1. The molecule has 5 N–H and O–H groups in total. The van der Waals surface area contributed by atoms with Crippen LogP contribution < -0.4 is 25.6 Å². The number of aliphatic hydroxyl groups excluding tert-OH is 1. The fraction of sp³-hybridized carbons (Fsp3) is 0.481. The first kappa shape index (κ1) is 80.2. The molecule has 0 radical (unpaired) electrons. The Morgan fingerprint density at radius 1 is 0.790 bits per heavy atom. The van der Waals surface area contributed by atoms with E-state index in [2.05, 4.69) is 61.6 Å². The number of carbonyl (C=O) groups is 5. The maximum absolute atomic E-state index is 14.6. The summed E-state index contributed by atoms with van der Waals surface area (Å²) in [5, 5.41) is 20.4. The number of amides is 5. The molecule has 0 saturated carbocycles. The number of aryl methyl sites for hydroxylation is 1. The van der Waals surface area contributed by atoms with Crippen molar-refractivity contribution in [3.63, 3.8) is 0 Å². The number of rotatable bonds is 28. The van der Waals surface area contributed by atoms with Gasteiger partial charge in [-0.15, -0.1) is 23.1 Å². The van der Waals surface area contributed by atoms with Crippen LogP contribution in [0.1, 0.15) is 139 Å². The lowest BCUT2D eigenvalue weighted by molar-refractivity contribution is -0.144. The van der Waals surface area contributed by atoms with Crippen LogP contribution in [-0.4, -0.2) is 184 Å². The second kappa shape index (κ2) is 34.7. The fourth-order valence-corrected chi connectivity index (χ4v) is 18.0. The third-order valence-electron chi connectivity index (χ3n) is 20.2. The lowest BCUT2D eigenvalue weighted by Crippen LogP contribution is -2.57. The molecule has 5 atom stereocenters. The zero-order valence-electron chi connectivity index (χ0n) is 60.5. The van der Waals surface area contributed by atoms with Crippen LogP contribution in [0.4, 0.5) is 24.5 Å². The van der Waals surface area contributed by atoms with Crippen LogP contribution in [0.25, 0.3) is 16.0 Å². The van der Waals surface area contributed by atoms with Crippen LogP contribution in [0.3, 0.4) is 0 Å². The molecular weight excluding hydrogens is 1450 g/mol. The minimum Gasteiger partial charge on any atom is -0.391 e. The standard InChI is InChI=1S/C77H96ClF3N10O10S4/c1-51(53-18-20-55(21-19-53)70-52(2)82-50-103-70)83-73(96)66-44-61(92)48-91(66)74(97)71(75(3,4)5)85-68(93)16-12-9-13-17-69(94)90-42-36-87(37-43-90)35-33-59(49-102-62-14-10-8-11-15-62)84-65-31-30-63(45-67(65)104(98,99)77(79,80)81)105(100,101)86-72(95)56-24-28-60(29-25-56)89-40-38-88(39-41-89)47-57-46-76(6,7)34-32-64(57)54-22-26-58(78)27-23-54/h8,10-11,14-15,18-31,45,50-51,59,61,66,71,84,92H,9,12-13,16-17,32-44,46-49H2,1-7H3,(H,83,96)(H,85,93)(H,86,95)/t51-,59+,61-,66-,71+/m0/s1. The molecule has 3 fully saturated rings. The normalized spacial score (nSPS) is 18.7. The van der Waals surface area contributed by atoms with Crippen LogP contribution in [0.15, 0.2) is 147 Å². The molecule has 5 aromatic carbocycles. The van der Waals surface area contributed by atoms with E-state index in [-0.39, 0.29) is 54.4 Å². The zero-order valence-corrected chi connectivity index (χ0v) is 64.5. The predicted octanol–water partition coefficient (Wildman–Crippen LogP) is 12.4. The van der Waals surface area contributed by atoms with Crippen molar-refractivity contribution in [1.29, 1.82) is 0 Å². The summed E-state index contributed by atoms with van der Waals surface area (Å²) in [5.74, 6) is -2.10. The van der Waals surface area contributed by atoms with Crippen molar-refractivity contribution in [2.75, 3.05) is 88.0 Å². The van der Waals surface area contributed by atoms with Gasteiger partial charge in [0.25, 0.3) is 25.8 Å². The molecule has 20 nitrogen and oxygen atoms in total. The minimum atomic E-state index is -6.18. The van der Waals surface area contributed by atoms with Crippen LogP contribution in [-0.2, 0) is 39.0 Å². The Morgan fingerprint density at radius 2 is 1.45 bits per heavy atom. The average molecular weight is 1540 g/mol. The summed E-state index contributed by atoms with van der Waals surface area (Å²) in [6, 6.07) is 30.8. The molecule has 0 bridgehead atoms. The highest BCUT2D eigenvalue weighted by atomic mass is 35.5. The molecular formula is C77H96ClF3N10O10S4. The Labute approximate surface area is 628 Å². The van der Waals surface area contributed by atoms with Gasteiger partial charge in [0.05, 0.1) is 38.8 Å². The number of sulfone groups is 1. The van der Waals surface area contributed by atoms with Crippen LogP contribution >= 0.6 is 34.7 Å². The van der Waals surface area contributed by atoms with E-state index in [9.17, 15) is 59.1 Å². The summed E-state index contributed by atoms with van der Waals surface area (Å²) < 4.78 is 100. The first-order valence-electron chi connectivity index (χ1n) is 35.8. The van der Waals surface area contributed by atoms with Gasteiger partial charge in [-0.1, -0.05) is 113 Å². The molecule has 5 amide bonds. The third-order valence-corrected chi connectivity index (χ3v) is 25.4. The maximum Gasteiger partial charge on any atom is 0.501 e. The first-order chi connectivity index (χ1) is 49.7. The van der Waals surface area contributed by atoms with Gasteiger partial charge >= 0.3 is 5.51 Å². The molecule has 1 aromatic heterocycles. The number of halogens is 4. The number of hydrogen-bond acceptors (Lipinski definition) is 17. The van der Waals surface area contributed by atoms with E-state index in [0.29, 0.717) is 82.6 Å². The van der Waals surface area contributed by atoms with Crippen molar-refractivity contribution < 1.29 is 59.1 Å². The largest absolute Gasteiger partial charge is 0.501 e. The predicted molar refractivity (Wildman–Crippen MR) is 407 cm³/mol. The van der Waals surface area contributed by atoms with Crippen molar-refractivity contribution in [1.82, 2.24) is 39.9 Å². The number of allylic oxidation sites excluding steroid dienone is 1. The number of piperazine rings is 2. The Hall–Kier alpha value is -7.37. The second-order valence-electron chi connectivity index (χ2n) is 29.7. The number of nitrogens with one attached hydrogen (secondary N) is 4. The van der Waals surface area contributed by atoms with Gasteiger partial charge in [-0.05, 0) is 152 Å². The Kier molecular flexibility index (Phi) is 26.5. The summed E-state index contributed by atoms with van der Waals surface area (Å²) in [6.45, 7) is 19.8. The Balaban J connectivity index is 0.690. The van der Waals surface area contributed by atoms with Gasteiger partial charge in [0.15, 0.2) is 0 Å². The average Bonchev–Trinajstić information content (AvgIpc) is 0.849. The van der Waals surface area contributed by atoms with E-state index in [0.717, 1.165) is 83.3 Å². The van der Waals surface area contributed by atoms with E-state index < -0.39 is 94.3 Å². The smallest absolute Gasteiger partial charge is 0.391 e. The number of likely N-dealkylation sites (tertiary alicyclic amines) is 1. The summed E-state index contributed by atoms with van der Waals surface area (Å²) in [5.41, 5.74) is 2.51. The summed E-state index contributed by atoms with van der Waals surface area (Å²) in [7, 11) is -11.1. The molecule has 1 aliphatic carbocycles. The van der Waals surface area contributed by atoms with Gasteiger partial charge in [-0.25, -0.2) is 26.5 Å². The Bertz CT molecular complexity index is 4300. The number of benzene rings is 5. The number of aliphatic hydroxyl groups is 1. The molecule has 4 aliphatic rings. The Morgan fingerprint density at radius 3 is 2.10 bits per heavy atom. The molecule has 10 rings (SSSR count). The SMILES string of the molecule is Cc1ncsc1-c1ccc([C@H](C)NC(=O)[C@@H]2C[C@H](O)CN2C(=O)[C@@H](NC(=O)CCCCCC(=O)N2CCN(CC[C@H](CSc3ccccc3)Nc3ccc(S(=O)(=O)NC(=O)c4ccc(N5CCN(CC6=C(c7ccc(Cl)cc7)CCC(C)(C)C6)CC5)cc4)cc3S(=O)(=O)C(F)(F)F)CC2)C(C)(C)C)cc1. The van der Waals surface area contributed by atoms with Gasteiger partial charge in [0, 0.05) is 124 Å². The van der Waals surface area contributed by atoms with Crippen molar-refractivity contribution >= 4 is 101 Å². The van der Waals surface area contributed by atoms with E-state index in [1.165, 1.54) is 45.5 Å². The van der Waals surface area contributed by atoms with Gasteiger partial charge < -0.3 is 35.8 Å². The van der Waals surface area contributed by atoms with Gasteiger partial charge in [0.2, 0.25) is 23.6 Å². The molecule has 566 valence electrons. The lowest BCUT2D eigenvalue weighted by atomic mass is 9.73. The monoisotopic (exact) mass is 1540 g/mol. The number of anilines is 2. The third kappa shape index (κ3) is 21.1. The van der Waals surface area contributed by atoms with Gasteiger partial charge in [0.1, 0.15) is 17.0 Å². The number of unbranched alkanes of at least 4 members (excludes halogenated alkanes) is 2. The van der Waals surface area contributed by atoms with Crippen molar-refractivity contribution in [3.8, 4) is 10.4 Å². The maximum atomic E-state index is 14.6. The first-order valence-corrected chi connectivity index (χ1v) is 41.0. The van der Waals surface area contributed by atoms with Gasteiger partial charge in [-0.2, -0.15) is 13.2 Å². The molecule has 28 heteroatoms. The zero-order chi connectivity index (χ0) is 75.6. The van der Waals surface area contributed by atoms with Crippen LogP contribution in [0.5, 0.6) is 0 Å². The highest BCUT2D eigenvalue weighted by molar-refractivity contribution is 7.99. The van der Waals surface area contributed by atoms with E-state index >= 15 is 0 Å². The van der Waals surface area contributed by atoms with Crippen LogP contribution in [0.2, 0.25) is 5.02 Å². The number of carbonyl (C=O) groups excluding carboxylic acids is 5. The number of aromatic nitrogens is 1. The second-order valence-corrected chi connectivity index (χ2v) is 35.7. The topological polar surface area (TPSA) is 251 Å². The van der Waals surface area contributed by atoms with Crippen molar-refractivity contribution in [2.24, 2.45) is 10.8 Å². The highest BCUT2D eigenvalue weighted by Crippen LogP contribution is 2.44. The number of nitrogens with zero attached hydrogens (tertiary/aromatic N) is 6. The number of hydrogen-bond donors (Lipinski definition) is 5. The number of thiazole rings is 1. The van der Waals surface area contributed by atoms with Gasteiger partial charge in [-0.3, -0.25) is 33.8 Å². The van der Waals surface area contributed by atoms with E-state index in [4.69, 9.17) is 11.6 Å². The molecule has 4 heterocycles. The number of thioether (sulfide) groups is 1. The van der Waals surface area contributed by atoms with E-state index in [1.807, 2.05) is 106 Å². The molecule has 105 heavy (non-hydrogen) atoms. The van der Waals surface area contributed by atoms with Crippen LogP contribution in [0, 0.1) is 17.8 Å². The number of alkyl halides is 3. The van der Waals surface area contributed by atoms with Crippen molar-refractivity contribution in [3.05, 3.63) is 160 Å². The lowest BCUT2D eigenvalue weighted by Gasteiger charge is -2.39. The molecule has 3 aliphatic heterocycles. The molecule has 0 spiro atoms.